The van der Waals surface area contributed by atoms with E-state index in [4.69, 9.17) is 4.74 Å². The summed E-state index contributed by atoms with van der Waals surface area (Å²) in [6, 6.07) is 21.1. The Bertz CT molecular complexity index is 3020. The van der Waals surface area contributed by atoms with Gasteiger partial charge in [-0.1, -0.05) is 96.1 Å². The predicted molar refractivity (Wildman–Crippen MR) is 308 cm³/mol. The summed E-state index contributed by atoms with van der Waals surface area (Å²) in [5, 5.41) is 21.2. The van der Waals surface area contributed by atoms with Crippen LogP contribution in [0.15, 0.2) is 91.0 Å². The maximum Gasteiger partial charge on any atom is 0.343 e. The molecule has 4 aliphatic rings. The molecule has 7 N–H and O–H groups in total. The summed E-state index contributed by atoms with van der Waals surface area (Å²) >= 11 is 0. The van der Waals surface area contributed by atoms with Gasteiger partial charge in [-0.3, -0.25) is 33.6 Å². The maximum atomic E-state index is 14.9. The Balaban J connectivity index is 0.972. The van der Waals surface area contributed by atoms with Gasteiger partial charge >= 0.3 is 5.97 Å². The van der Waals surface area contributed by atoms with Crippen LogP contribution in [-0.2, 0) is 54.6 Å². The molecule has 4 aromatic rings. The van der Waals surface area contributed by atoms with Gasteiger partial charge in [0.2, 0.25) is 35.4 Å². The molecule has 81 heavy (non-hydrogen) atoms. The highest BCUT2D eigenvalue weighted by molar-refractivity contribution is 5.98. The summed E-state index contributed by atoms with van der Waals surface area (Å²) < 4.78 is 5.91. The zero-order chi connectivity index (χ0) is 58.5. The Morgan fingerprint density at radius 2 is 1.06 bits per heavy atom. The van der Waals surface area contributed by atoms with Crippen molar-refractivity contribution in [1.82, 2.24) is 47.0 Å². The first-order chi connectivity index (χ1) is 38.4. The molecule has 1 fully saturated rings. The van der Waals surface area contributed by atoms with Crippen molar-refractivity contribution in [3.63, 3.8) is 0 Å². The molecule has 4 aromatic carbocycles. The number of esters is 1. The van der Waals surface area contributed by atoms with Gasteiger partial charge in [0.15, 0.2) is 0 Å². The number of hydrogen-bond donors (Lipinski definition) is 7. The largest absolute Gasteiger partial charge is 0.423 e. The molecular weight excluding hydrogens is 1030 g/mol. The Kier molecular flexibility index (Phi) is 18.5. The van der Waals surface area contributed by atoms with Crippen LogP contribution in [-0.4, -0.2) is 120 Å². The molecule has 5 unspecified atom stereocenters. The molecule has 7 amide bonds. The maximum absolute atomic E-state index is 14.9. The van der Waals surface area contributed by atoms with Crippen LogP contribution < -0.4 is 42.0 Å². The van der Waals surface area contributed by atoms with Crippen LogP contribution >= 0.6 is 0 Å². The Hall–Kier alpha value is -7.44. The summed E-state index contributed by atoms with van der Waals surface area (Å²) in [6.07, 6.45) is 5.43. The number of carbonyl (C=O) groups is 8. The van der Waals surface area contributed by atoms with Crippen molar-refractivity contribution in [2.45, 2.75) is 168 Å². The molecule has 0 radical (unpaired) electrons. The number of ether oxygens (including phenoxy) is 1. The lowest BCUT2D eigenvalue weighted by molar-refractivity contribution is -0.147. The SMILES string of the molecule is CNC(C)C(=O)NC(C(=O)N1Cc2cc(OC(=O)c3ccc(C(=O)N[C@H]4C[C@@H](C(=O)N[C@@H]5CCCc6ccccc65)N(C(=O)C(NC(=O)C(C)NC)C(C)(C)C)C4)cc3)ccc2CC1C(=O)N[C@@H]1CCCc2ccccc21)C(C)(C)C. The fourth-order valence-corrected chi connectivity index (χ4v) is 11.5. The van der Waals surface area contributed by atoms with E-state index in [1.165, 1.54) is 45.2 Å². The number of hydrogen-bond acceptors (Lipinski definition) is 11. The second kappa shape index (κ2) is 25.1. The summed E-state index contributed by atoms with van der Waals surface area (Å²) in [7, 11) is 3.32. The van der Waals surface area contributed by atoms with Crippen LogP contribution in [0.5, 0.6) is 5.75 Å². The molecule has 0 bridgehead atoms. The number of amides is 7. The second-order valence-electron chi connectivity index (χ2n) is 24.4. The second-order valence-corrected chi connectivity index (χ2v) is 24.4. The van der Waals surface area contributed by atoms with E-state index in [9.17, 15) is 38.4 Å². The van der Waals surface area contributed by atoms with Crippen molar-refractivity contribution in [3.05, 3.63) is 136 Å². The molecule has 0 saturated carbocycles. The minimum Gasteiger partial charge on any atom is -0.423 e. The number of likely N-dealkylation sites (N-methyl/N-ethyl adjacent to an activating group) is 2. The highest BCUT2D eigenvalue weighted by atomic mass is 16.5. The molecule has 9 atom stereocenters. The third-order valence-corrected chi connectivity index (χ3v) is 16.5. The minimum absolute atomic E-state index is 0.00377. The lowest BCUT2D eigenvalue weighted by Crippen LogP contribution is -2.62. The monoisotopic (exact) mass is 1110 g/mol. The minimum atomic E-state index is -0.983. The lowest BCUT2D eigenvalue weighted by atomic mass is 9.83. The zero-order valence-corrected chi connectivity index (χ0v) is 48.5. The molecule has 2 aliphatic carbocycles. The van der Waals surface area contributed by atoms with Gasteiger partial charge in [-0.2, -0.15) is 0 Å². The van der Waals surface area contributed by atoms with E-state index >= 15 is 0 Å². The molecule has 0 spiro atoms. The Morgan fingerprint density at radius 1 is 0.568 bits per heavy atom. The average Bonchev–Trinajstić information content (AvgIpc) is 3.92. The van der Waals surface area contributed by atoms with Gasteiger partial charge < -0.3 is 51.8 Å². The van der Waals surface area contributed by atoms with Crippen molar-refractivity contribution >= 4 is 47.3 Å². The zero-order valence-electron chi connectivity index (χ0n) is 48.5. The molecule has 8 rings (SSSR count). The van der Waals surface area contributed by atoms with Crippen molar-refractivity contribution in [2.75, 3.05) is 20.6 Å². The van der Waals surface area contributed by atoms with Crippen LogP contribution in [0.3, 0.4) is 0 Å². The summed E-state index contributed by atoms with van der Waals surface area (Å²) in [4.78, 5) is 116. The first-order valence-electron chi connectivity index (χ1n) is 28.5. The van der Waals surface area contributed by atoms with E-state index in [0.717, 1.165) is 55.2 Å². The summed E-state index contributed by atoms with van der Waals surface area (Å²) in [6.45, 7) is 14.6. The highest BCUT2D eigenvalue weighted by Gasteiger charge is 2.47. The van der Waals surface area contributed by atoms with E-state index < -0.39 is 76.8 Å². The van der Waals surface area contributed by atoms with E-state index in [2.05, 4.69) is 49.4 Å². The fourth-order valence-electron chi connectivity index (χ4n) is 11.5. The van der Waals surface area contributed by atoms with Crippen molar-refractivity contribution in [2.24, 2.45) is 10.8 Å². The quantitative estimate of drug-likeness (QED) is 0.0545. The number of rotatable bonds is 16. The molecule has 2 heterocycles. The Labute approximate surface area is 476 Å². The van der Waals surface area contributed by atoms with Gasteiger partial charge in [-0.15, -0.1) is 0 Å². The molecule has 1 saturated heterocycles. The Morgan fingerprint density at radius 3 is 1.58 bits per heavy atom. The number of fused-ring (bicyclic) bond motifs is 3. The van der Waals surface area contributed by atoms with Crippen molar-refractivity contribution < 1.29 is 43.1 Å². The molecular formula is C63H81N9O9. The van der Waals surface area contributed by atoms with Crippen molar-refractivity contribution in [1.29, 1.82) is 0 Å². The van der Waals surface area contributed by atoms with E-state index in [1.54, 1.807) is 46.1 Å². The third-order valence-electron chi connectivity index (χ3n) is 16.5. The topological polar surface area (TPSA) is 236 Å². The van der Waals surface area contributed by atoms with Crippen LogP contribution in [0.2, 0.25) is 0 Å². The van der Waals surface area contributed by atoms with Gasteiger partial charge in [-0.05, 0) is 153 Å². The summed E-state index contributed by atoms with van der Waals surface area (Å²) in [5.74, 6) is -3.20. The molecule has 432 valence electrons. The first kappa shape index (κ1) is 59.7. The normalized spacial score (nSPS) is 21.1. The molecule has 0 aromatic heterocycles. The van der Waals surface area contributed by atoms with E-state index in [-0.39, 0.29) is 78.5 Å². The van der Waals surface area contributed by atoms with Crippen LogP contribution in [0.1, 0.15) is 154 Å². The van der Waals surface area contributed by atoms with Crippen LogP contribution in [0.25, 0.3) is 0 Å². The van der Waals surface area contributed by atoms with E-state index in [1.807, 2.05) is 77.9 Å². The smallest absolute Gasteiger partial charge is 0.343 e. The highest BCUT2D eigenvalue weighted by Crippen LogP contribution is 2.35. The van der Waals surface area contributed by atoms with Gasteiger partial charge in [0.05, 0.1) is 29.7 Å². The number of likely N-dealkylation sites (tertiary alicyclic amines) is 1. The van der Waals surface area contributed by atoms with Gasteiger partial charge in [0.1, 0.15) is 29.9 Å². The van der Waals surface area contributed by atoms with Crippen molar-refractivity contribution in [3.8, 4) is 5.75 Å². The number of nitrogens with zero attached hydrogens (tertiary/aromatic N) is 2. The molecule has 18 nitrogen and oxygen atoms in total. The van der Waals surface area contributed by atoms with Gasteiger partial charge in [-0.25, -0.2) is 4.79 Å². The van der Waals surface area contributed by atoms with Gasteiger partial charge in [0, 0.05) is 31.1 Å². The number of aryl methyl sites for hydroxylation is 2. The lowest BCUT2D eigenvalue weighted by Gasteiger charge is -2.41. The third kappa shape index (κ3) is 13.8. The number of benzene rings is 4. The fraction of sp³-hybridized carbons (Fsp3) is 0.492. The molecule has 18 heteroatoms. The van der Waals surface area contributed by atoms with Crippen LogP contribution in [0.4, 0.5) is 0 Å². The van der Waals surface area contributed by atoms with E-state index in [0.29, 0.717) is 5.56 Å². The number of carbonyl (C=O) groups excluding carboxylic acids is 8. The predicted octanol–water partition coefficient (Wildman–Crippen LogP) is 5.52. The van der Waals surface area contributed by atoms with Gasteiger partial charge in [0.25, 0.3) is 5.91 Å². The number of nitrogens with one attached hydrogen (secondary N) is 7. The summed E-state index contributed by atoms with van der Waals surface area (Å²) in [5.41, 5.74) is 4.84. The first-order valence-corrected chi connectivity index (χ1v) is 28.5. The molecule has 2 aliphatic heterocycles. The average molecular weight is 1110 g/mol. The van der Waals surface area contributed by atoms with Crippen LogP contribution in [0, 0.1) is 10.8 Å². The standard InChI is InChI=1S/C63H81N9O9/c1-36(64-9)54(73)69-52(62(3,4)5)59(78)71-34-43-31-45(30-29-42(43)32-50(71)57(76)67-48-23-15-19-38-17-11-13-21-46(38)48)81-61(80)41-27-25-40(26-28-41)56(75)66-44-33-51(58(77)68-49-24-16-20-39-18-12-14-22-47(39)49)72(35-44)60(79)53(63(6,7)8)70-55(74)37(2)65-10/h11-14,17-18,21-22,25-31,36-37,44,48-53,64-65H,15-16,19-20,23-24,32-35H2,1-10H3,(H,66,75)(H,67,76)(H,68,77)(H,69,73)(H,70,74)/t36?,37?,44-,48+,49+,50?,51-,52?,53?/m0/s1.